The minimum atomic E-state index is -3.96. The van der Waals surface area contributed by atoms with Crippen molar-refractivity contribution in [3.63, 3.8) is 0 Å². The number of hydrogen-bond acceptors (Lipinski definition) is 6. The molecule has 0 atom stereocenters. The fourth-order valence-electron chi connectivity index (χ4n) is 2.62. The summed E-state index contributed by atoms with van der Waals surface area (Å²) < 4.78 is 39.3. The van der Waals surface area contributed by atoms with E-state index in [-0.39, 0.29) is 10.6 Å². The highest BCUT2D eigenvalue weighted by atomic mass is 79.9. The number of para-hydroxylation sites is 2. The number of hydrogen-bond donors (Lipinski definition) is 2. The van der Waals surface area contributed by atoms with Gasteiger partial charge in [-0.15, -0.1) is 0 Å². The summed E-state index contributed by atoms with van der Waals surface area (Å²) in [4.78, 5) is 16.5. The standard InChI is InChI=1S/C20H18BrN3O5S/c1-28-18-6-4-3-5-16(18)24-30(26,27)15-7-8-19(29-2)17(10-15)23-20(25)13-9-14(21)12-22-11-13/h3-12,24H,1-2H3,(H,23,25). The molecule has 0 aliphatic carbocycles. The average Bonchev–Trinajstić information content (AvgIpc) is 2.73. The zero-order chi connectivity index (χ0) is 21.7. The molecule has 0 fully saturated rings. The van der Waals surface area contributed by atoms with Crippen molar-refractivity contribution in [2.45, 2.75) is 4.90 Å². The summed E-state index contributed by atoms with van der Waals surface area (Å²) in [6.07, 6.45) is 2.95. The van der Waals surface area contributed by atoms with Crippen molar-refractivity contribution in [3.8, 4) is 11.5 Å². The Hall–Kier alpha value is -3.11. The van der Waals surface area contributed by atoms with Crippen molar-refractivity contribution in [1.29, 1.82) is 0 Å². The number of nitrogens with zero attached hydrogens (tertiary/aromatic N) is 1. The van der Waals surface area contributed by atoms with E-state index in [0.717, 1.165) is 0 Å². The van der Waals surface area contributed by atoms with Crippen molar-refractivity contribution in [2.24, 2.45) is 0 Å². The highest BCUT2D eigenvalue weighted by Gasteiger charge is 2.20. The van der Waals surface area contributed by atoms with Gasteiger partial charge in [-0.25, -0.2) is 8.42 Å². The molecule has 0 unspecified atom stereocenters. The Bertz CT molecular complexity index is 1180. The van der Waals surface area contributed by atoms with E-state index >= 15 is 0 Å². The summed E-state index contributed by atoms with van der Waals surface area (Å²) in [5.41, 5.74) is 0.791. The molecule has 0 saturated heterocycles. The lowest BCUT2D eigenvalue weighted by molar-refractivity contribution is 0.102. The van der Waals surface area contributed by atoms with Crippen LogP contribution in [0.1, 0.15) is 10.4 Å². The lowest BCUT2D eigenvalue weighted by atomic mass is 10.2. The number of rotatable bonds is 7. The largest absolute Gasteiger partial charge is 0.495 e. The van der Waals surface area contributed by atoms with Gasteiger partial charge in [-0.05, 0) is 52.3 Å². The van der Waals surface area contributed by atoms with Crippen LogP contribution in [-0.4, -0.2) is 33.5 Å². The summed E-state index contributed by atoms with van der Waals surface area (Å²) in [6.45, 7) is 0. The predicted octanol–water partition coefficient (Wildman–Crippen LogP) is 3.91. The Labute approximate surface area is 182 Å². The highest BCUT2D eigenvalue weighted by Crippen LogP contribution is 2.31. The number of sulfonamides is 1. The first-order chi connectivity index (χ1) is 14.3. The maximum atomic E-state index is 12.9. The van der Waals surface area contributed by atoms with E-state index in [1.54, 1.807) is 36.5 Å². The van der Waals surface area contributed by atoms with Crippen molar-refractivity contribution in [1.82, 2.24) is 4.98 Å². The second-order valence-corrected chi connectivity index (χ2v) is 8.61. The number of nitrogens with one attached hydrogen (secondary N) is 2. The Balaban J connectivity index is 1.92. The molecule has 0 radical (unpaired) electrons. The molecule has 0 aliphatic rings. The van der Waals surface area contributed by atoms with Crippen LogP contribution in [0.3, 0.4) is 0 Å². The third-order valence-corrected chi connectivity index (χ3v) is 5.84. The third kappa shape index (κ3) is 4.89. The molecule has 156 valence electrons. The van der Waals surface area contributed by atoms with Gasteiger partial charge < -0.3 is 14.8 Å². The molecule has 0 saturated carbocycles. The van der Waals surface area contributed by atoms with Crippen molar-refractivity contribution >= 4 is 43.2 Å². The number of amides is 1. The fraction of sp³-hybridized carbons (Fsp3) is 0.100. The van der Waals surface area contributed by atoms with Crippen LogP contribution in [0.5, 0.6) is 11.5 Å². The number of aromatic nitrogens is 1. The van der Waals surface area contributed by atoms with Crippen LogP contribution < -0.4 is 19.5 Å². The number of ether oxygens (including phenoxy) is 2. The van der Waals surface area contributed by atoms with Crippen molar-refractivity contribution in [3.05, 3.63) is 71.0 Å². The summed E-state index contributed by atoms with van der Waals surface area (Å²) in [7, 11) is -1.08. The van der Waals surface area contributed by atoms with E-state index < -0.39 is 15.9 Å². The number of carbonyl (C=O) groups is 1. The monoisotopic (exact) mass is 491 g/mol. The highest BCUT2D eigenvalue weighted by molar-refractivity contribution is 9.10. The fourth-order valence-corrected chi connectivity index (χ4v) is 4.08. The molecule has 2 N–H and O–H groups in total. The van der Waals surface area contributed by atoms with Crippen LogP contribution in [0.15, 0.2) is 70.3 Å². The van der Waals surface area contributed by atoms with E-state index in [0.29, 0.717) is 27.2 Å². The summed E-state index contributed by atoms with van der Waals surface area (Å²) in [5, 5.41) is 2.66. The van der Waals surface area contributed by atoms with Gasteiger partial charge in [-0.3, -0.25) is 14.5 Å². The lowest BCUT2D eigenvalue weighted by Gasteiger charge is -2.14. The molecular formula is C20H18BrN3O5S. The SMILES string of the molecule is COc1ccc(S(=O)(=O)Nc2ccccc2OC)cc1NC(=O)c1cncc(Br)c1. The van der Waals surface area contributed by atoms with Gasteiger partial charge in [-0.2, -0.15) is 0 Å². The van der Waals surface area contributed by atoms with E-state index in [2.05, 4.69) is 31.0 Å². The Morgan fingerprint density at radius 3 is 2.37 bits per heavy atom. The number of anilines is 2. The second-order valence-electron chi connectivity index (χ2n) is 6.01. The molecule has 1 aromatic heterocycles. The summed E-state index contributed by atoms with van der Waals surface area (Å²) >= 11 is 3.26. The van der Waals surface area contributed by atoms with Crippen molar-refractivity contribution in [2.75, 3.05) is 24.3 Å². The third-order valence-electron chi connectivity index (χ3n) is 4.05. The molecule has 30 heavy (non-hydrogen) atoms. The molecule has 0 spiro atoms. The molecule has 3 aromatic rings. The topological polar surface area (TPSA) is 107 Å². The van der Waals surface area contributed by atoms with Crippen LogP contribution in [-0.2, 0) is 10.0 Å². The molecular weight excluding hydrogens is 474 g/mol. The van der Waals surface area contributed by atoms with Gasteiger partial charge >= 0.3 is 0 Å². The van der Waals surface area contributed by atoms with Gasteiger partial charge in [0.1, 0.15) is 11.5 Å². The molecule has 1 heterocycles. The van der Waals surface area contributed by atoms with Gasteiger partial charge in [0, 0.05) is 16.9 Å². The smallest absolute Gasteiger partial charge is 0.262 e. The first kappa shape index (κ1) is 21.6. The van der Waals surface area contributed by atoms with Crippen LogP contribution in [0.25, 0.3) is 0 Å². The zero-order valence-electron chi connectivity index (χ0n) is 16.0. The van der Waals surface area contributed by atoms with Crippen LogP contribution >= 0.6 is 15.9 Å². The Kier molecular flexibility index (Phi) is 6.58. The maximum absolute atomic E-state index is 12.9. The zero-order valence-corrected chi connectivity index (χ0v) is 18.5. The number of carbonyl (C=O) groups excluding carboxylic acids is 1. The number of methoxy groups -OCH3 is 2. The number of halogens is 1. The minimum absolute atomic E-state index is 0.0585. The Morgan fingerprint density at radius 2 is 1.67 bits per heavy atom. The second kappa shape index (κ2) is 9.14. The lowest BCUT2D eigenvalue weighted by Crippen LogP contribution is -2.16. The van der Waals surface area contributed by atoms with Gasteiger partial charge in [0.05, 0.1) is 36.1 Å². The molecule has 8 nitrogen and oxygen atoms in total. The quantitative estimate of drug-likeness (QED) is 0.518. The normalized spacial score (nSPS) is 10.9. The van der Waals surface area contributed by atoms with Crippen molar-refractivity contribution < 1.29 is 22.7 Å². The number of benzene rings is 2. The van der Waals surface area contributed by atoms with Crippen LogP contribution in [0.2, 0.25) is 0 Å². The summed E-state index contributed by atoms with van der Waals surface area (Å²) in [6, 6.07) is 12.4. The van der Waals surface area contributed by atoms with Gasteiger partial charge in [0.2, 0.25) is 0 Å². The number of pyridine rings is 1. The first-order valence-corrected chi connectivity index (χ1v) is 10.9. The predicted molar refractivity (Wildman–Crippen MR) is 117 cm³/mol. The molecule has 0 aliphatic heterocycles. The van der Waals surface area contributed by atoms with Crippen LogP contribution in [0, 0.1) is 0 Å². The van der Waals surface area contributed by atoms with E-state index in [9.17, 15) is 13.2 Å². The van der Waals surface area contributed by atoms with E-state index in [4.69, 9.17) is 9.47 Å². The van der Waals surface area contributed by atoms with Gasteiger partial charge in [0.25, 0.3) is 15.9 Å². The molecule has 1 amide bonds. The van der Waals surface area contributed by atoms with Gasteiger partial charge in [-0.1, -0.05) is 12.1 Å². The van der Waals surface area contributed by atoms with Crippen LogP contribution in [0.4, 0.5) is 11.4 Å². The summed E-state index contributed by atoms with van der Waals surface area (Å²) in [5.74, 6) is 0.224. The minimum Gasteiger partial charge on any atom is -0.495 e. The molecule has 0 bridgehead atoms. The first-order valence-electron chi connectivity index (χ1n) is 8.60. The molecule has 3 rings (SSSR count). The average molecular weight is 492 g/mol. The molecule has 2 aromatic carbocycles. The van der Waals surface area contributed by atoms with E-state index in [1.165, 1.54) is 38.6 Å². The maximum Gasteiger partial charge on any atom is 0.262 e. The van der Waals surface area contributed by atoms with Gasteiger partial charge in [0.15, 0.2) is 0 Å². The Morgan fingerprint density at radius 1 is 0.967 bits per heavy atom. The molecule has 10 heteroatoms. The van der Waals surface area contributed by atoms with E-state index in [1.807, 2.05) is 0 Å².